The molecule has 0 N–H and O–H groups in total. The van der Waals surface area contributed by atoms with Crippen LogP contribution in [0.25, 0.3) is 27.6 Å². The minimum atomic E-state index is 0.675. The van der Waals surface area contributed by atoms with Crippen molar-refractivity contribution in [1.29, 1.82) is 0 Å². The summed E-state index contributed by atoms with van der Waals surface area (Å²) in [4.78, 5) is 8.98. The average molecular weight is 396 g/mol. The molecule has 0 radical (unpaired) electrons. The van der Waals surface area contributed by atoms with Gasteiger partial charge in [0.05, 0.1) is 30.2 Å². The fourth-order valence-corrected chi connectivity index (χ4v) is 3.86. The van der Waals surface area contributed by atoms with Gasteiger partial charge in [0.25, 0.3) is 0 Å². The molecule has 0 amide bonds. The van der Waals surface area contributed by atoms with Gasteiger partial charge in [-0.1, -0.05) is 30.3 Å². The Balaban J connectivity index is 1.12. The predicted molar refractivity (Wildman–Crippen MR) is 120 cm³/mol. The number of fused-ring (bicyclic) bond motifs is 3. The summed E-state index contributed by atoms with van der Waals surface area (Å²) in [5.74, 6) is 0. The second-order valence-corrected chi connectivity index (χ2v) is 7.42. The molecule has 30 heavy (non-hydrogen) atoms. The number of ether oxygens (including phenoxy) is 1. The molecule has 5 nitrogen and oxygen atoms in total. The zero-order valence-electron chi connectivity index (χ0n) is 16.8. The molecule has 0 bridgehead atoms. The molecule has 0 aliphatic rings. The highest BCUT2D eigenvalue weighted by Gasteiger charge is 2.07. The SMILES string of the molecule is c1ccc2c(c1)ncc1ncn(CCOCCCc3ccc(-n4cccc4)cc3)c12. The van der Waals surface area contributed by atoms with Crippen molar-refractivity contribution >= 4 is 21.9 Å². The van der Waals surface area contributed by atoms with Gasteiger partial charge in [0.1, 0.15) is 5.52 Å². The Kier molecular flexibility index (Phi) is 5.27. The molecule has 0 unspecified atom stereocenters. The van der Waals surface area contributed by atoms with Gasteiger partial charge in [-0.05, 0) is 48.7 Å². The molecule has 5 rings (SSSR count). The van der Waals surface area contributed by atoms with Crippen LogP contribution in [-0.2, 0) is 17.7 Å². The Morgan fingerprint density at radius 2 is 1.63 bits per heavy atom. The van der Waals surface area contributed by atoms with Crippen LogP contribution in [0.5, 0.6) is 0 Å². The lowest BCUT2D eigenvalue weighted by Gasteiger charge is -2.08. The van der Waals surface area contributed by atoms with Gasteiger partial charge in [-0.3, -0.25) is 4.98 Å². The predicted octanol–water partition coefficient (Wildman–Crippen LogP) is 5.02. The van der Waals surface area contributed by atoms with Crippen molar-refractivity contribution in [2.75, 3.05) is 13.2 Å². The van der Waals surface area contributed by atoms with Gasteiger partial charge in [-0.15, -0.1) is 0 Å². The first-order valence-electron chi connectivity index (χ1n) is 10.4. The van der Waals surface area contributed by atoms with Crippen LogP contribution in [0.3, 0.4) is 0 Å². The van der Waals surface area contributed by atoms with Crippen LogP contribution in [0.1, 0.15) is 12.0 Å². The first-order chi connectivity index (χ1) is 14.9. The fraction of sp³-hybridized carbons (Fsp3) is 0.200. The molecule has 2 aromatic carbocycles. The molecule has 0 saturated carbocycles. The zero-order chi connectivity index (χ0) is 20.2. The van der Waals surface area contributed by atoms with E-state index in [0.717, 1.165) is 47.9 Å². The normalized spacial score (nSPS) is 11.5. The Labute approximate surface area is 175 Å². The number of para-hydroxylation sites is 1. The largest absolute Gasteiger partial charge is 0.380 e. The summed E-state index contributed by atoms with van der Waals surface area (Å²) in [5.41, 5.74) is 5.59. The van der Waals surface area contributed by atoms with Crippen molar-refractivity contribution in [1.82, 2.24) is 19.1 Å². The molecular weight excluding hydrogens is 372 g/mol. The maximum Gasteiger partial charge on any atom is 0.107 e. The van der Waals surface area contributed by atoms with Crippen LogP contribution >= 0.6 is 0 Å². The fourth-order valence-electron chi connectivity index (χ4n) is 3.86. The summed E-state index contributed by atoms with van der Waals surface area (Å²) in [5, 5.41) is 1.14. The summed E-state index contributed by atoms with van der Waals surface area (Å²) in [6, 6.07) is 21.0. The van der Waals surface area contributed by atoms with E-state index in [9.17, 15) is 0 Å². The first-order valence-corrected chi connectivity index (χ1v) is 10.4. The summed E-state index contributed by atoms with van der Waals surface area (Å²) in [7, 11) is 0. The number of hydrogen-bond acceptors (Lipinski definition) is 3. The smallest absolute Gasteiger partial charge is 0.107 e. The van der Waals surface area contributed by atoms with Gasteiger partial charge in [0, 0.05) is 36.6 Å². The summed E-state index contributed by atoms with van der Waals surface area (Å²) in [6.45, 7) is 2.22. The molecule has 150 valence electrons. The second kappa shape index (κ2) is 8.51. The van der Waals surface area contributed by atoms with E-state index >= 15 is 0 Å². The van der Waals surface area contributed by atoms with E-state index in [0.29, 0.717) is 6.61 Å². The summed E-state index contributed by atoms with van der Waals surface area (Å²) in [6.07, 6.45) is 9.89. The molecule has 0 aliphatic heterocycles. The lowest BCUT2D eigenvalue weighted by atomic mass is 10.1. The number of aromatic nitrogens is 4. The van der Waals surface area contributed by atoms with Crippen LogP contribution < -0.4 is 0 Å². The molecule has 0 spiro atoms. The highest BCUT2D eigenvalue weighted by atomic mass is 16.5. The molecule has 5 heteroatoms. The maximum absolute atomic E-state index is 5.90. The third-order valence-electron chi connectivity index (χ3n) is 5.42. The van der Waals surface area contributed by atoms with Crippen molar-refractivity contribution in [2.45, 2.75) is 19.4 Å². The molecule has 3 heterocycles. The van der Waals surface area contributed by atoms with Crippen LogP contribution in [0, 0.1) is 0 Å². The Bertz CT molecular complexity index is 1240. The minimum Gasteiger partial charge on any atom is -0.380 e. The van der Waals surface area contributed by atoms with Gasteiger partial charge >= 0.3 is 0 Å². The van der Waals surface area contributed by atoms with E-state index in [1.54, 1.807) is 0 Å². The van der Waals surface area contributed by atoms with Gasteiger partial charge < -0.3 is 13.9 Å². The Morgan fingerprint density at radius 3 is 2.50 bits per heavy atom. The molecule has 0 fully saturated rings. The highest BCUT2D eigenvalue weighted by Crippen LogP contribution is 2.22. The van der Waals surface area contributed by atoms with Crippen LogP contribution in [0.15, 0.2) is 85.6 Å². The van der Waals surface area contributed by atoms with Gasteiger partial charge in [0.2, 0.25) is 0 Å². The third kappa shape index (κ3) is 3.84. The zero-order valence-corrected chi connectivity index (χ0v) is 16.8. The van der Waals surface area contributed by atoms with Crippen molar-refractivity contribution in [2.24, 2.45) is 0 Å². The number of benzene rings is 2. The topological polar surface area (TPSA) is 44.9 Å². The van der Waals surface area contributed by atoms with Crippen LogP contribution in [0.2, 0.25) is 0 Å². The van der Waals surface area contributed by atoms with E-state index in [-0.39, 0.29) is 0 Å². The van der Waals surface area contributed by atoms with E-state index in [2.05, 4.69) is 61.8 Å². The first kappa shape index (κ1) is 18.6. The lowest BCUT2D eigenvalue weighted by Crippen LogP contribution is -2.06. The number of rotatable bonds is 8. The number of pyridine rings is 1. The number of aryl methyl sites for hydroxylation is 1. The average Bonchev–Trinajstić information content (AvgIpc) is 3.47. The highest BCUT2D eigenvalue weighted by molar-refractivity contribution is 6.01. The number of imidazole rings is 1. The number of nitrogens with zero attached hydrogens (tertiary/aromatic N) is 4. The van der Waals surface area contributed by atoms with Gasteiger partial charge in [0.15, 0.2) is 0 Å². The quantitative estimate of drug-likeness (QED) is 0.346. The summed E-state index contributed by atoms with van der Waals surface area (Å²) >= 11 is 0. The molecule has 0 saturated heterocycles. The van der Waals surface area contributed by atoms with Gasteiger partial charge in [-0.2, -0.15) is 0 Å². The molecule has 3 aromatic heterocycles. The molecular formula is C25H24N4O. The van der Waals surface area contributed by atoms with Crippen molar-refractivity contribution in [3.05, 3.63) is 91.1 Å². The molecule has 0 atom stereocenters. The maximum atomic E-state index is 5.90. The van der Waals surface area contributed by atoms with Gasteiger partial charge in [-0.25, -0.2) is 4.98 Å². The van der Waals surface area contributed by atoms with E-state index in [1.807, 2.05) is 42.9 Å². The molecule has 0 aliphatic carbocycles. The van der Waals surface area contributed by atoms with Crippen molar-refractivity contribution in [3.63, 3.8) is 0 Å². The monoisotopic (exact) mass is 396 g/mol. The lowest BCUT2D eigenvalue weighted by molar-refractivity contribution is 0.125. The van der Waals surface area contributed by atoms with E-state index in [1.165, 1.54) is 11.3 Å². The van der Waals surface area contributed by atoms with E-state index < -0.39 is 0 Å². The van der Waals surface area contributed by atoms with Crippen molar-refractivity contribution < 1.29 is 4.74 Å². The Morgan fingerprint density at radius 1 is 0.800 bits per heavy atom. The van der Waals surface area contributed by atoms with Crippen molar-refractivity contribution in [3.8, 4) is 5.69 Å². The standard InChI is InChI=1S/C25H24N4O/c1-2-8-23-22(7-1)25-24(18-26-23)27-19-29(25)15-17-30-16-5-6-20-9-11-21(12-10-20)28-13-3-4-14-28/h1-4,7-14,18-19H,5-6,15-17H2. The van der Waals surface area contributed by atoms with E-state index in [4.69, 9.17) is 4.74 Å². The van der Waals surface area contributed by atoms with Crippen LogP contribution in [0.4, 0.5) is 0 Å². The number of hydrogen-bond donors (Lipinski definition) is 0. The molecule has 5 aromatic rings. The Hall–Kier alpha value is -3.44. The van der Waals surface area contributed by atoms with Crippen LogP contribution in [-0.4, -0.2) is 32.3 Å². The second-order valence-electron chi connectivity index (χ2n) is 7.42. The minimum absolute atomic E-state index is 0.675. The summed E-state index contributed by atoms with van der Waals surface area (Å²) < 4.78 is 10.2. The third-order valence-corrected chi connectivity index (χ3v) is 5.42.